The summed E-state index contributed by atoms with van der Waals surface area (Å²) in [5.74, 6) is 1.19. The van der Waals surface area contributed by atoms with Crippen molar-refractivity contribution in [2.75, 3.05) is 13.3 Å². The van der Waals surface area contributed by atoms with Crippen LogP contribution in [0.1, 0.15) is 5.56 Å². The summed E-state index contributed by atoms with van der Waals surface area (Å²) in [5.41, 5.74) is 0.983. The van der Waals surface area contributed by atoms with Gasteiger partial charge in [0.25, 0.3) is 0 Å². The lowest BCUT2D eigenvalue weighted by molar-refractivity contribution is 0.472. The maximum Gasteiger partial charge on any atom is 0.175 e. The van der Waals surface area contributed by atoms with E-state index in [1.807, 2.05) is 25.2 Å². The minimum absolute atomic E-state index is 0.243. The molecule has 0 radical (unpaired) electrons. The summed E-state index contributed by atoms with van der Waals surface area (Å²) in [4.78, 5) is 0.243. The molecule has 0 aliphatic carbocycles. The number of hydrogen-bond acceptors (Lipinski definition) is 4. The van der Waals surface area contributed by atoms with Gasteiger partial charge in [-0.15, -0.1) is 0 Å². The van der Waals surface area contributed by atoms with Crippen LogP contribution >= 0.6 is 15.9 Å². The van der Waals surface area contributed by atoms with Crippen molar-refractivity contribution in [1.29, 1.82) is 0 Å². The highest BCUT2D eigenvalue weighted by Crippen LogP contribution is 2.29. The van der Waals surface area contributed by atoms with Crippen molar-refractivity contribution in [3.63, 3.8) is 0 Å². The second kappa shape index (κ2) is 6.60. The molecule has 0 aliphatic heterocycles. The lowest BCUT2D eigenvalue weighted by atomic mass is 10.2. The largest absolute Gasteiger partial charge is 0.457 e. The SMILES string of the molecule is CNCc1cc(Br)ccc1Oc1cccc(S(C)(=O)=O)c1. The van der Waals surface area contributed by atoms with Crippen molar-refractivity contribution in [1.82, 2.24) is 5.32 Å². The van der Waals surface area contributed by atoms with Gasteiger partial charge in [0.1, 0.15) is 11.5 Å². The molecule has 21 heavy (non-hydrogen) atoms. The minimum Gasteiger partial charge on any atom is -0.457 e. The maximum atomic E-state index is 11.6. The van der Waals surface area contributed by atoms with E-state index in [0.29, 0.717) is 18.0 Å². The number of sulfone groups is 1. The molecule has 112 valence electrons. The average Bonchev–Trinajstić information content (AvgIpc) is 2.42. The lowest BCUT2D eigenvalue weighted by Gasteiger charge is -2.12. The van der Waals surface area contributed by atoms with Gasteiger partial charge in [0.05, 0.1) is 4.90 Å². The van der Waals surface area contributed by atoms with E-state index in [1.54, 1.807) is 18.2 Å². The highest BCUT2D eigenvalue weighted by atomic mass is 79.9. The molecule has 1 N–H and O–H groups in total. The van der Waals surface area contributed by atoms with Crippen molar-refractivity contribution >= 4 is 25.8 Å². The summed E-state index contributed by atoms with van der Waals surface area (Å²) in [5, 5.41) is 3.08. The van der Waals surface area contributed by atoms with E-state index in [9.17, 15) is 8.42 Å². The molecule has 0 aliphatic rings. The zero-order valence-electron chi connectivity index (χ0n) is 11.8. The molecule has 0 saturated carbocycles. The summed E-state index contributed by atoms with van der Waals surface area (Å²) in [6.07, 6.45) is 1.18. The highest BCUT2D eigenvalue weighted by Gasteiger charge is 2.10. The predicted molar refractivity (Wildman–Crippen MR) is 86.5 cm³/mol. The molecule has 2 rings (SSSR count). The van der Waals surface area contributed by atoms with Gasteiger partial charge in [-0.3, -0.25) is 0 Å². The molecule has 2 aromatic rings. The van der Waals surface area contributed by atoms with Crippen LogP contribution in [0.25, 0.3) is 0 Å². The first-order chi connectivity index (χ1) is 9.90. The molecule has 0 saturated heterocycles. The summed E-state index contributed by atoms with van der Waals surface area (Å²) in [6.45, 7) is 0.653. The Hall–Kier alpha value is -1.37. The Balaban J connectivity index is 2.34. The second-order valence-electron chi connectivity index (χ2n) is 4.63. The Bertz CT molecular complexity index is 744. The molecule has 0 spiro atoms. The summed E-state index contributed by atoms with van der Waals surface area (Å²) in [6, 6.07) is 12.2. The van der Waals surface area contributed by atoms with E-state index >= 15 is 0 Å². The molecule has 0 bridgehead atoms. The molecule has 4 nitrogen and oxygen atoms in total. The van der Waals surface area contributed by atoms with Gasteiger partial charge in [0.15, 0.2) is 9.84 Å². The number of benzene rings is 2. The molecule has 0 unspecified atom stereocenters. The molecule has 2 aromatic carbocycles. The smallest absolute Gasteiger partial charge is 0.175 e. The number of nitrogens with one attached hydrogen (secondary N) is 1. The van der Waals surface area contributed by atoms with E-state index < -0.39 is 9.84 Å². The van der Waals surface area contributed by atoms with Crippen LogP contribution in [0.3, 0.4) is 0 Å². The number of halogens is 1. The fourth-order valence-electron chi connectivity index (χ4n) is 1.87. The second-order valence-corrected chi connectivity index (χ2v) is 7.56. The third-order valence-corrected chi connectivity index (χ3v) is 4.45. The van der Waals surface area contributed by atoms with Crippen LogP contribution in [0.4, 0.5) is 0 Å². The van der Waals surface area contributed by atoms with Crippen molar-refractivity contribution in [3.05, 3.63) is 52.5 Å². The quantitative estimate of drug-likeness (QED) is 0.877. The zero-order valence-corrected chi connectivity index (χ0v) is 14.2. The van der Waals surface area contributed by atoms with Crippen molar-refractivity contribution in [2.45, 2.75) is 11.4 Å². The fourth-order valence-corrected chi connectivity index (χ4v) is 2.94. The van der Waals surface area contributed by atoms with E-state index in [0.717, 1.165) is 10.0 Å². The first-order valence-electron chi connectivity index (χ1n) is 6.31. The standard InChI is InChI=1S/C15H16BrNO3S/c1-17-10-11-8-12(16)6-7-15(11)20-13-4-3-5-14(9-13)21(2,18)19/h3-9,17H,10H2,1-2H3. The van der Waals surface area contributed by atoms with Crippen LogP contribution in [-0.4, -0.2) is 21.7 Å². The fraction of sp³-hybridized carbons (Fsp3) is 0.200. The van der Waals surface area contributed by atoms with Gasteiger partial charge in [0.2, 0.25) is 0 Å². The average molecular weight is 370 g/mol. The van der Waals surface area contributed by atoms with Crippen LogP contribution in [-0.2, 0) is 16.4 Å². The van der Waals surface area contributed by atoms with Gasteiger partial charge in [-0.05, 0) is 43.4 Å². The monoisotopic (exact) mass is 369 g/mol. The normalized spacial score (nSPS) is 11.4. The number of rotatable bonds is 5. The van der Waals surface area contributed by atoms with Gasteiger partial charge in [-0.1, -0.05) is 22.0 Å². The van der Waals surface area contributed by atoms with Crippen LogP contribution in [0.15, 0.2) is 51.8 Å². The molecular weight excluding hydrogens is 354 g/mol. The molecule has 0 amide bonds. The maximum absolute atomic E-state index is 11.6. The Morgan fingerprint density at radius 2 is 1.95 bits per heavy atom. The van der Waals surface area contributed by atoms with E-state index in [-0.39, 0.29) is 4.90 Å². The molecule has 0 atom stereocenters. The molecule has 0 heterocycles. The van der Waals surface area contributed by atoms with Gasteiger partial charge < -0.3 is 10.1 Å². The highest BCUT2D eigenvalue weighted by molar-refractivity contribution is 9.10. The minimum atomic E-state index is -3.24. The van der Waals surface area contributed by atoms with E-state index in [1.165, 1.54) is 12.3 Å². The van der Waals surface area contributed by atoms with Crippen LogP contribution in [0.5, 0.6) is 11.5 Å². The Kier molecular flexibility index (Phi) is 5.03. The summed E-state index contributed by atoms with van der Waals surface area (Å²) < 4.78 is 30.0. The molecule has 6 heteroatoms. The Labute approximate surface area is 133 Å². The predicted octanol–water partition coefficient (Wildman–Crippen LogP) is 3.36. The first-order valence-corrected chi connectivity index (χ1v) is 8.99. The number of hydrogen-bond donors (Lipinski definition) is 1. The third kappa shape index (κ3) is 4.30. The van der Waals surface area contributed by atoms with Crippen molar-refractivity contribution in [3.8, 4) is 11.5 Å². The van der Waals surface area contributed by atoms with Crippen LogP contribution < -0.4 is 10.1 Å². The number of ether oxygens (including phenoxy) is 1. The third-order valence-electron chi connectivity index (χ3n) is 2.85. The lowest BCUT2D eigenvalue weighted by Crippen LogP contribution is -2.06. The first kappa shape index (κ1) is 16.0. The Morgan fingerprint density at radius 3 is 2.62 bits per heavy atom. The van der Waals surface area contributed by atoms with Gasteiger partial charge in [-0.2, -0.15) is 0 Å². The summed E-state index contributed by atoms with van der Waals surface area (Å²) >= 11 is 3.43. The van der Waals surface area contributed by atoms with Gasteiger partial charge in [-0.25, -0.2) is 8.42 Å². The zero-order chi connectivity index (χ0) is 15.5. The van der Waals surface area contributed by atoms with Gasteiger partial charge in [0, 0.05) is 22.8 Å². The van der Waals surface area contributed by atoms with E-state index in [2.05, 4.69) is 21.2 Å². The molecular formula is C15H16BrNO3S. The van der Waals surface area contributed by atoms with Crippen LogP contribution in [0.2, 0.25) is 0 Å². The van der Waals surface area contributed by atoms with Crippen molar-refractivity contribution < 1.29 is 13.2 Å². The Morgan fingerprint density at radius 1 is 1.19 bits per heavy atom. The molecule has 0 aromatic heterocycles. The van der Waals surface area contributed by atoms with E-state index in [4.69, 9.17) is 4.74 Å². The topological polar surface area (TPSA) is 55.4 Å². The molecule has 0 fully saturated rings. The van der Waals surface area contributed by atoms with Gasteiger partial charge >= 0.3 is 0 Å². The summed E-state index contributed by atoms with van der Waals surface area (Å²) in [7, 11) is -1.39. The van der Waals surface area contributed by atoms with Crippen molar-refractivity contribution in [2.24, 2.45) is 0 Å². The van der Waals surface area contributed by atoms with Crippen LogP contribution in [0, 0.1) is 0 Å².